The summed E-state index contributed by atoms with van der Waals surface area (Å²) in [4.78, 5) is 17.4. The van der Waals surface area contributed by atoms with E-state index in [0.717, 1.165) is 22.8 Å². The summed E-state index contributed by atoms with van der Waals surface area (Å²) in [6.07, 6.45) is 3.70. The molecule has 0 aliphatic carbocycles. The molecule has 2 unspecified atom stereocenters. The second kappa shape index (κ2) is 8.41. The van der Waals surface area contributed by atoms with Crippen molar-refractivity contribution in [1.29, 1.82) is 0 Å². The Kier molecular flexibility index (Phi) is 5.07. The van der Waals surface area contributed by atoms with Gasteiger partial charge in [0.25, 0.3) is 5.69 Å². The fraction of sp³-hybridized carbons (Fsp3) is 0.120. The number of anilines is 1. The van der Waals surface area contributed by atoms with Gasteiger partial charge in [-0.25, -0.2) is 0 Å². The van der Waals surface area contributed by atoms with E-state index in [0.29, 0.717) is 16.6 Å². The van der Waals surface area contributed by atoms with Crippen LogP contribution in [0.2, 0.25) is 0 Å². The molecule has 1 saturated heterocycles. The van der Waals surface area contributed by atoms with Crippen LogP contribution in [0.15, 0.2) is 85.2 Å². The lowest BCUT2D eigenvalue weighted by Crippen LogP contribution is -2.30. The van der Waals surface area contributed by atoms with E-state index in [2.05, 4.69) is 10.3 Å². The highest BCUT2D eigenvalue weighted by Crippen LogP contribution is 2.44. The quantitative estimate of drug-likeness (QED) is 0.247. The minimum absolute atomic E-state index is 0.0412. The molecule has 0 saturated carbocycles. The molecule has 0 bridgehead atoms. The third kappa shape index (κ3) is 3.64. The van der Waals surface area contributed by atoms with Gasteiger partial charge in [0.1, 0.15) is 6.04 Å². The summed E-state index contributed by atoms with van der Waals surface area (Å²) in [5.41, 5.74) is 3.49. The molecule has 0 spiro atoms. The number of non-ortho nitro benzene ring substituents is 1. The van der Waals surface area contributed by atoms with Crippen LogP contribution in [-0.2, 0) is 0 Å². The minimum atomic E-state index is -0.405. The van der Waals surface area contributed by atoms with E-state index in [1.807, 2.05) is 64.2 Å². The molecule has 4 heterocycles. The molecule has 2 aromatic heterocycles. The molecular weight excluding hydrogens is 466 g/mol. The van der Waals surface area contributed by atoms with Gasteiger partial charge in [0.2, 0.25) is 6.79 Å². The lowest BCUT2D eigenvalue weighted by atomic mass is 10.0. The summed E-state index contributed by atoms with van der Waals surface area (Å²) >= 11 is 5.82. The van der Waals surface area contributed by atoms with Crippen molar-refractivity contribution in [3.05, 3.63) is 107 Å². The monoisotopic (exact) mass is 485 g/mol. The largest absolute Gasteiger partial charge is 0.454 e. The molecule has 9 nitrogen and oxygen atoms in total. The Morgan fingerprint density at radius 2 is 1.80 bits per heavy atom. The first-order valence-electron chi connectivity index (χ1n) is 10.9. The average Bonchev–Trinajstić information content (AvgIpc) is 3.62. The topological polar surface area (TPSA) is 94.7 Å². The van der Waals surface area contributed by atoms with Gasteiger partial charge in [0.05, 0.1) is 16.7 Å². The minimum Gasteiger partial charge on any atom is -0.454 e. The molecule has 1 N–H and O–H groups in total. The molecule has 4 aromatic rings. The van der Waals surface area contributed by atoms with E-state index in [-0.39, 0.29) is 24.6 Å². The molecule has 1 fully saturated rings. The zero-order chi connectivity index (χ0) is 23.9. The van der Waals surface area contributed by atoms with Crippen LogP contribution in [0.4, 0.5) is 11.4 Å². The summed E-state index contributed by atoms with van der Waals surface area (Å²) in [6.45, 7) is 0.185. The number of nitro benzene ring substituents is 1. The van der Waals surface area contributed by atoms with Crippen LogP contribution in [0.3, 0.4) is 0 Å². The fourth-order valence-corrected chi connectivity index (χ4v) is 4.92. The Bertz CT molecular complexity index is 1420. The number of nitrogens with zero attached hydrogens (tertiary/aromatic N) is 4. The Morgan fingerprint density at radius 3 is 2.57 bits per heavy atom. The predicted octanol–water partition coefficient (Wildman–Crippen LogP) is 4.69. The molecule has 10 heteroatoms. The number of hydrogen-bond acceptors (Lipinski definition) is 6. The number of nitrogens with one attached hydrogen (secondary N) is 1. The highest BCUT2D eigenvalue weighted by atomic mass is 32.1. The Hall–Kier alpha value is -4.44. The molecular formula is C25H19N5O4S. The van der Waals surface area contributed by atoms with Crippen LogP contribution in [0.1, 0.15) is 23.5 Å². The van der Waals surface area contributed by atoms with Crippen molar-refractivity contribution in [2.45, 2.75) is 12.1 Å². The van der Waals surface area contributed by atoms with Gasteiger partial charge in [-0.05, 0) is 60.7 Å². The van der Waals surface area contributed by atoms with E-state index in [9.17, 15) is 10.1 Å². The van der Waals surface area contributed by atoms with Crippen molar-refractivity contribution >= 4 is 28.7 Å². The first kappa shape index (κ1) is 21.1. The Morgan fingerprint density at radius 1 is 1.00 bits per heavy atom. The normalized spacial score (nSPS) is 18.5. The third-order valence-electron chi connectivity index (χ3n) is 6.15. The fourth-order valence-electron chi connectivity index (χ4n) is 4.57. The number of rotatable bonds is 5. The summed E-state index contributed by atoms with van der Waals surface area (Å²) < 4.78 is 13.1. The zero-order valence-corrected chi connectivity index (χ0v) is 19.1. The summed E-state index contributed by atoms with van der Waals surface area (Å²) in [5, 5.41) is 15.1. The number of fused-ring (bicyclic) bond motifs is 1. The molecule has 2 atom stereocenters. The zero-order valence-electron chi connectivity index (χ0n) is 18.3. The average molecular weight is 486 g/mol. The van der Waals surface area contributed by atoms with Crippen molar-refractivity contribution in [3.63, 3.8) is 0 Å². The third-order valence-corrected chi connectivity index (χ3v) is 6.47. The van der Waals surface area contributed by atoms with Crippen molar-refractivity contribution in [1.82, 2.24) is 14.9 Å². The smallest absolute Gasteiger partial charge is 0.269 e. The highest BCUT2D eigenvalue weighted by molar-refractivity contribution is 7.80. The lowest BCUT2D eigenvalue weighted by Gasteiger charge is -2.29. The van der Waals surface area contributed by atoms with E-state index in [4.69, 9.17) is 21.7 Å². The van der Waals surface area contributed by atoms with E-state index < -0.39 is 4.92 Å². The van der Waals surface area contributed by atoms with Gasteiger partial charge in [0, 0.05) is 47.7 Å². The first-order chi connectivity index (χ1) is 17.1. The number of pyridine rings is 1. The van der Waals surface area contributed by atoms with Crippen LogP contribution in [0, 0.1) is 10.1 Å². The van der Waals surface area contributed by atoms with Crippen molar-refractivity contribution in [2.24, 2.45) is 0 Å². The first-order valence-corrected chi connectivity index (χ1v) is 11.3. The van der Waals surface area contributed by atoms with Crippen LogP contribution in [-0.4, -0.2) is 26.4 Å². The van der Waals surface area contributed by atoms with Crippen molar-refractivity contribution in [2.75, 3.05) is 11.7 Å². The van der Waals surface area contributed by atoms with E-state index in [1.54, 1.807) is 18.3 Å². The number of aromatic nitrogens is 2. The molecule has 6 rings (SSSR count). The summed E-state index contributed by atoms with van der Waals surface area (Å²) in [6, 6.07) is 21.5. The van der Waals surface area contributed by atoms with E-state index >= 15 is 0 Å². The van der Waals surface area contributed by atoms with Gasteiger partial charge in [-0.1, -0.05) is 6.07 Å². The second-order valence-electron chi connectivity index (χ2n) is 8.11. The Labute approximate surface area is 205 Å². The molecule has 2 aliphatic heterocycles. The van der Waals surface area contributed by atoms with E-state index in [1.165, 1.54) is 12.1 Å². The SMILES string of the molecule is O=[N+]([O-])c1ccc(-n2cccc2C2C(c3ccccn3)NC(=S)N2c2ccc3c(c2)OCO3)cc1. The van der Waals surface area contributed by atoms with Gasteiger partial charge in [-0.3, -0.25) is 15.1 Å². The molecule has 2 aromatic carbocycles. The van der Waals surface area contributed by atoms with Gasteiger partial charge in [-0.2, -0.15) is 0 Å². The highest BCUT2D eigenvalue weighted by Gasteiger charge is 2.42. The standard InChI is InChI=1S/C25H19N5O4S/c31-30(32)17-8-6-16(7-9-17)28-13-3-5-20(28)24-23(19-4-1-2-12-26-19)27-25(35)29(24)18-10-11-21-22(14-18)34-15-33-21/h1-14,23-24H,15H2,(H,27,35). The Balaban J connectivity index is 1.48. The van der Waals surface area contributed by atoms with Crippen LogP contribution >= 0.6 is 12.2 Å². The van der Waals surface area contributed by atoms with Gasteiger partial charge in [-0.15, -0.1) is 0 Å². The number of ether oxygens (including phenoxy) is 2. The second-order valence-corrected chi connectivity index (χ2v) is 8.50. The van der Waals surface area contributed by atoms with Gasteiger partial charge < -0.3 is 24.3 Å². The van der Waals surface area contributed by atoms with Gasteiger partial charge in [0.15, 0.2) is 16.6 Å². The summed E-state index contributed by atoms with van der Waals surface area (Å²) in [5.74, 6) is 1.36. The molecule has 0 radical (unpaired) electrons. The van der Waals surface area contributed by atoms with Crippen molar-refractivity contribution < 1.29 is 14.4 Å². The molecule has 0 amide bonds. The molecule has 2 aliphatic rings. The molecule has 174 valence electrons. The van der Waals surface area contributed by atoms with Crippen LogP contribution in [0.25, 0.3) is 5.69 Å². The maximum Gasteiger partial charge on any atom is 0.269 e. The molecule has 35 heavy (non-hydrogen) atoms. The maximum atomic E-state index is 11.1. The van der Waals surface area contributed by atoms with Crippen LogP contribution in [0.5, 0.6) is 11.5 Å². The number of hydrogen-bond donors (Lipinski definition) is 1. The number of benzene rings is 2. The number of nitro groups is 1. The summed E-state index contributed by atoms with van der Waals surface area (Å²) in [7, 11) is 0. The maximum absolute atomic E-state index is 11.1. The van der Waals surface area contributed by atoms with Gasteiger partial charge >= 0.3 is 0 Å². The van der Waals surface area contributed by atoms with Crippen molar-refractivity contribution in [3.8, 4) is 17.2 Å². The van der Waals surface area contributed by atoms with Crippen LogP contribution < -0.4 is 19.7 Å². The lowest BCUT2D eigenvalue weighted by molar-refractivity contribution is -0.384. The number of thiocarbonyl (C=S) groups is 1. The predicted molar refractivity (Wildman–Crippen MR) is 133 cm³/mol.